The van der Waals surface area contributed by atoms with E-state index in [2.05, 4.69) is 29.8 Å². The summed E-state index contributed by atoms with van der Waals surface area (Å²) in [6.45, 7) is 1.88. The number of nitro groups is 1. The zero-order chi connectivity index (χ0) is 29.0. The summed E-state index contributed by atoms with van der Waals surface area (Å²) >= 11 is 0.380. The van der Waals surface area contributed by atoms with Crippen LogP contribution in [0.5, 0.6) is 5.75 Å². The Morgan fingerprint density at radius 1 is 0.929 bits per heavy atom. The molecule has 15 nitrogen and oxygen atoms in total. The van der Waals surface area contributed by atoms with Crippen LogP contribution in [0, 0.1) is 17.0 Å². The number of rotatable bonds is 9. The summed E-state index contributed by atoms with van der Waals surface area (Å²) in [5, 5.41) is 51.3. The third-order valence-electron chi connectivity index (χ3n) is 5.36. The summed E-state index contributed by atoms with van der Waals surface area (Å²) in [5.41, 5.74) is 6.50. The van der Waals surface area contributed by atoms with Crippen molar-refractivity contribution in [2.75, 3.05) is 5.73 Å². The van der Waals surface area contributed by atoms with Crippen LogP contribution in [0.15, 0.2) is 90.9 Å². The van der Waals surface area contributed by atoms with Crippen LogP contribution in [0.1, 0.15) is 5.56 Å². The first-order valence-electron chi connectivity index (χ1n) is 10.9. The maximum Gasteiger partial charge on any atom is 1.00 e. The number of benzene rings is 4. The van der Waals surface area contributed by atoms with Crippen molar-refractivity contribution in [1.29, 1.82) is 0 Å². The van der Waals surface area contributed by atoms with Gasteiger partial charge in [0.05, 0.1) is 49.2 Å². The third kappa shape index (κ3) is 8.31. The van der Waals surface area contributed by atoms with Crippen LogP contribution in [0.2, 0.25) is 0 Å². The summed E-state index contributed by atoms with van der Waals surface area (Å²) in [6, 6.07) is 13.8. The molecule has 4 aromatic carbocycles. The van der Waals surface area contributed by atoms with Gasteiger partial charge in [-0.2, -0.15) is 14.6 Å². The maximum absolute atomic E-state index is 12.1. The number of nitro benzene ring substituents is 1. The normalized spacial score (nSPS) is 11.5. The molecule has 0 aromatic heterocycles. The maximum atomic E-state index is 12.1. The fraction of sp³-hybridized carbons (Fsp3) is 0.0435. The minimum atomic E-state index is -5.22. The Hall–Kier alpha value is -2.52. The molecule has 4 rings (SSSR count). The van der Waals surface area contributed by atoms with Gasteiger partial charge in [-0.05, 0) is 48.7 Å². The number of hydrogen-bond donors (Lipinski definition) is 2. The van der Waals surface area contributed by atoms with Gasteiger partial charge in [-0.3, -0.25) is 15.2 Å². The molecule has 0 spiro atoms. The minimum Gasteiger partial charge on any atom is -0.744 e. The Balaban J connectivity index is 0.00000308. The van der Waals surface area contributed by atoms with Crippen LogP contribution in [0.4, 0.5) is 34.1 Å². The van der Waals surface area contributed by atoms with Crippen molar-refractivity contribution in [3.63, 3.8) is 0 Å². The minimum absolute atomic E-state index is 0. The first-order chi connectivity index (χ1) is 19.0. The van der Waals surface area contributed by atoms with E-state index in [1.165, 1.54) is 18.2 Å². The van der Waals surface area contributed by atoms with E-state index in [0.29, 0.717) is 17.7 Å². The molecule has 0 aliphatic rings. The van der Waals surface area contributed by atoms with E-state index in [1.807, 2.05) is 6.92 Å². The number of nitrogen functional groups attached to an aromatic ring is 1. The van der Waals surface area contributed by atoms with Gasteiger partial charge >= 0.3 is 59.1 Å². The van der Waals surface area contributed by atoms with Gasteiger partial charge in [-0.15, -0.1) is 10.2 Å². The monoisotopic (exact) mass is 630 g/mol. The van der Waals surface area contributed by atoms with Crippen molar-refractivity contribution in [3.05, 3.63) is 76.3 Å². The average Bonchev–Trinajstić information content (AvgIpc) is 2.91. The molecular weight excluding hydrogens is 614 g/mol. The number of phenolic OH excluding ortho intramolecular Hbond substituents is 1. The number of hydrogen-bond acceptors (Lipinski definition) is 15. The Kier molecular flexibility index (Phi) is 13.0. The summed E-state index contributed by atoms with van der Waals surface area (Å²) in [6.07, 6.45) is 0. The number of azo groups is 2. The number of aryl methyl sites for hydroxylation is 1. The van der Waals surface area contributed by atoms with Gasteiger partial charge < -0.3 is 20.7 Å². The second-order valence-corrected chi connectivity index (χ2v) is 10.1. The van der Waals surface area contributed by atoms with Crippen molar-refractivity contribution in [2.45, 2.75) is 16.7 Å². The van der Waals surface area contributed by atoms with Crippen molar-refractivity contribution in [2.24, 2.45) is 20.5 Å². The summed E-state index contributed by atoms with van der Waals surface area (Å²) in [7, 11) is -5.22. The Bertz CT molecular complexity index is 1770. The molecule has 42 heavy (non-hydrogen) atoms. The molecule has 0 aliphatic heterocycles. The van der Waals surface area contributed by atoms with E-state index in [1.54, 1.807) is 24.3 Å². The molecular formula is C23H16N6Na2O9S2. The smallest absolute Gasteiger partial charge is 0.744 e. The van der Waals surface area contributed by atoms with Gasteiger partial charge in [0.2, 0.25) is 0 Å². The standard InChI is InChI=1S/C23H18N6O9S2.2Na/c1-12-2-4-14(5-3-12)25-27-21-17(39-38-37-33)10-13-11-18(40(34,35)36)22(23(30)19(13)20(21)24)28-26-15-6-8-16(9-7-15)29(31)32;;/h2-11,30,33H,24H2,1H3,(H,34,35,36);;/q;2*+1/p-2. The zero-order valence-corrected chi connectivity index (χ0v) is 27.7. The number of anilines is 1. The van der Waals surface area contributed by atoms with Gasteiger partial charge in [0.1, 0.15) is 21.5 Å². The second kappa shape index (κ2) is 15.3. The quantitative estimate of drug-likeness (QED) is 0.0343. The molecule has 19 heteroatoms. The summed E-state index contributed by atoms with van der Waals surface area (Å²) in [5.74, 6) is -0.820. The molecule has 3 N–H and O–H groups in total. The Morgan fingerprint density at radius 2 is 1.48 bits per heavy atom. The molecule has 206 valence electrons. The van der Waals surface area contributed by atoms with E-state index < -0.39 is 31.4 Å². The second-order valence-electron chi connectivity index (χ2n) is 7.99. The molecule has 0 aliphatic carbocycles. The van der Waals surface area contributed by atoms with Crippen LogP contribution in [0.3, 0.4) is 0 Å². The molecule has 0 radical (unpaired) electrons. The van der Waals surface area contributed by atoms with Gasteiger partial charge in [0, 0.05) is 12.1 Å². The molecule has 0 heterocycles. The van der Waals surface area contributed by atoms with Crippen molar-refractivity contribution >= 4 is 67.1 Å². The topological polar surface area (TPSA) is 238 Å². The van der Waals surface area contributed by atoms with Crippen LogP contribution >= 0.6 is 12.0 Å². The van der Waals surface area contributed by atoms with Gasteiger partial charge in [0.15, 0.2) is 5.75 Å². The van der Waals surface area contributed by atoms with Gasteiger partial charge in [-0.1, -0.05) is 17.7 Å². The fourth-order valence-corrected chi connectivity index (χ4v) is 4.64. The average molecular weight is 631 g/mol. The Morgan fingerprint density at radius 3 is 2.00 bits per heavy atom. The molecule has 0 fully saturated rings. The van der Waals surface area contributed by atoms with E-state index in [0.717, 1.165) is 23.8 Å². The predicted octanol–water partition coefficient (Wildman–Crippen LogP) is -0.682. The predicted molar refractivity (Wildman–Crippen MR) is 139 cm³/mol. The van der Waals surface area contributed by atoms with E-state index in [4.69, 9.17) is 5.73 Å². The summed E-state index contributed by atoms with van der Waals surface area (Å²) < 4.78 is 40.6. The first-order valence-corrected chi connectivity index (χ1v) is 13.0. The number of aromatic hydroxyl groups is 1. The molecule has 4 aromatic rings. The van der Waals surface area contributed by atoms with Gasteiger partial charge in [0.25, 0.3) is 5.69 Å². The van der Waals surface area contributed by atoms with E-state index in [9.17, 15) is 33.4 Å². The zero-order valence-electron chi connectivity index (χ0n) is 22.1. The van der Waals surface area contributed by atoms with Crippen molar-refractivity contribution in [1.82, 2.24) is 0 Å². The number of nitrogens with zero attached hydrogens (tertiary/aromatic N) is 5. The molecule has 0 saturated heterocycles. The summed E-state index contributed by atoms with van der Waals surface area (Å²) in [4.78, 5) is 9.32. The number of fused-ring (bicyclic) bond motifs is 1. The first kappa shape index (κ1) is 35.7. The molecule has 0 atom stereocenters. The molecule has 0 unspecified atom stereocenters. The molecule has 0 bridgehead atoms. The third-order valence-corrected chi connectivity index (χ3v) is 6.82. The van der Waals surface area contributed by atoms with Crippen LogP contribution in [-0.2, 0) is 19.5 Å². The SMILES string of the molecule is Cc1ccc(N=Nc2c(SOO[O-])cc3cc(S(=O)(=O)[O-])c(N=Nc4ccc([N+](=O)[O-])cc4)c(O)c3c2N)cc1.[Na+].[Na+]. The van der Waals surface area contributed by atoms with Crippen LogP contribution in [0.25, 0.3) is 10.8 Å². The largest absolute Gasteiger partial charge is 1.00 e. The van der Waals surface area contributed by atoms with E-state index in [-0.39, 0.29) is 97.5 Å². The fourth-order valence-electron chi connectivity index (χ4n) is 3.48. The molecule has 0 amide bonds. The van der Waals surface area contributed by atoms with Gasteiger partial charge in [-0.25, -0.2) is 8.42 Å². The van der Waals surface area contributed by atoms with Crippen molar-refractivity contribution < 1.29 is 96.7 Å². The number of nitrogens with two attached hydrogens (primary N) is 1. The van der Waals surface area contributed by atoms with Crippen molar-refractivity contribution in [3.8, 4) is 5.75 Å². The Labute approximate surface area is 286 Å². The van der Waals surface area contributed by atoms with Crippen LogP contribution in [-0.4, -0.2) is 23.0 Å². The van der Waals surface area contributed by atoms with Crippen LogP contribution < -0.4 is 70.1 Å². The van der Waals surface area contributed by atoms with E-state index >= 15 is 0 Å². The number of non-ortho nitro benzene ring substituents is 1. The number of phenols is 1. The molecule has 0 saturated carbocycles.